The van der Waals surface area contributed by atoms with Crippen molar-refractivity contribution >= 4 is 5.91 Å². The van der Waals surface area contributed by atoms with Gasteiger partial charge in [0.15, 0.2) is 0 Å². The lowest BCUT2D eigenvalue weighted by molar-refractivity contribution is 0.0660. The molecule has 0 spiro atoms. The number of amides is 1. The summed E-state index contributed by atoms with van der Waals surface area (Å²) in [4.78, 5) is 14.5. The highest BCUT2D eigenvalue weighted by atomic mass is 16.5. The van der Waals surface area contributed by atoms with E-state index in [4.69, 9.17) is 10.5 Å². The average molecular weight is 262 g/mol. The number of hydrogen-bond acceptors (Lipinski definition) is 3. The number of methoxy groups -OCH3 is 1. The van der Waals surface area contributed by atoms with Crippen molar-refractivity contribution in [3.05, 3.63) is 29.3 Å². The normalized spacial score (nSPS) is 23.3. The molecule has 2 unspecified atom stereocenters. The van der Waals surface area contributed by atoms with Gasteiger partial charge in [-0.15, -0.1) is 0 Å². The zero-order valence-corrected chi connectivity index (χ0v) is 11.8. The van der Waals surface area contributed by atoms with Gasteiger partial charge in [0.2, 0.25) is 0 Å². The van der Waals surface area contributed by atoms with Crippen LogP contribution in [0.3, 0.4) is 0 Å². The fraction of sp³-hybridized carbons (Fsp3) is 0.533. The van der Waals surface area contributed by atoms with Gasteiger partial charge >= 0.3 is 0 Å². The molecule has 2 atom stereocenters. The van der Waals surface area contributed by atoms with E-state index in [1.54, 1.807) is 7.11 Å². The van der Waals surface area contributed by atoms with Crippen LogP contribution in [0, 0.1) is 12.8 Å². The van der Waals surface area contributed by atoms with Crippen molar-refractivity contribution in [2.75, 3.05) is 20.2 Å². The fourth-order valence-corrected chi connectivity index (χ4v) is 2.51. The largest absolute Gasteiger partial charge is 0.496 e. The minimum absolute atomic E-state index is 0.0410. The third-order valence-electron chi connectivity index (χ3n) is 3.84. The molecule has 19 heavy (non-hydrogen) atoms. The summed E-state index contributed by atoms with van der Waals surface area (Å²) < 4.78 is 5.29. The van der Waals surface area contributed by atoms with Crippen molar-refractivity contribution in [1.29, 1.82) is 0 Å². The minimum atomic E-state index is 0.0410. The number of nitrogens with zero attached hydrogens (tertiary/aromatic N) is 1. The van der Waals surface area contributed by atoms with Gasteiger partial charge in [0, 0.05) is 19.1 Å². The molecule has 1 fully saturated rings. The van der Waals surface area contributed by atoms with E-state index in [0.29, 0.717) is 17.2 Å². The first-order valence-corrected chi connectivity index (χ1v) is 6.72. The maximum absolute atomic E-state index is 12.6. The molecule has 1 aliphatic rings. The maximum atomic E-state index is 12.6. The predicted molar refractivity (Wildman–Crippen MR) is 75.4 cm³/mol. The monoisotopic (exact) mass is 262 g/mol. The van der Waals surface area contributed by atoms with Crippen LogP contribution >= 0.6 is 0 Å². The molecular formula is C15H22N2O2. The molecule has 1 amide bonds. The van der Waals surface area contributed by atoms with E-state index in [1.807, 2.05) is 30.0 Å². The first-order valence-electron chi connectivity index (χ1n) is 6.72. The second kappa shape index (κ2) is 5.61. The zero-order chi connectivity index (χ0) is 14.0. The Morgan fingerprint density at radius 2 is 2.21 bits per heavy atom. The Labute approximate surface area is 114 Å². The van der Waals surface area contributed by atoms with Gasteiger partial charge in [-0.3, -0.25) is 4.79 Å². The van der Waals surface area contributed by atoms with Gasteiger partial charge in [0.05, 0.1) is 12.7 Å². The summed E-state index contributed by atoms with van der Waals surface area (Å²) in [5, 5.41) is 0. The highest BCUT2D eigenvalue weighted by molar-refractivity contribution is 5.97. The second-order valence-corrected chi connectivity index (χ2v) is 5.38. The van der Waals surface area contributed by atoms with Crippen LogP contribution in [0.15, 0.2) is 18.2 Å². The molecule has 0 aliphatic carbocycles. The van der Waals surface area contributed by atoms with E-state index >= 15 is 0 Å². The van der Waals surface area contributed by atoms with Gasteiger partial charge < -0.3 is 15.4 Å². The van der Waals surface area contributed by atoms with Gasteiger partial charge in [-0.05, 0) is 31.4 Å². The number of carbonyl (C=O) groups excluding carboxylic acids is 1. The molecule has 2 N–H and O–H groups in total. The number of benzene rings is 1. The zero-order valence-electron chi connectivity index (χ0n) is 11.8. The molecule has 4 nitrogen and oxygen atoms in total. The third kappa shape index (κ3) is 2.89. The van der Waals surface area contributed by atoms with Gasteiger partial charge in [-0.25, -0.2) is 0 Å². The summed E-state index contributed by atoms with van der Waals surface area (Å²) in [6.07, 6.45) is 0.862. The van der Waals surface area contributed by atoms with Crippen LogP contribution in [0.25, 0.3) is 0 Å². The van der Waals surface area contributed by atoms with Crippen molar-refractivity contribution < 1.29 is 9.53 Å². The molecule has 104 valence electrons. The van der Waals surface area contributed by atoms with Gasteiger partial charge in [0.25, 0.3) is 5.91 Å². The molecule has 4 heteroatoms. The first-order chi connectivity index (χ1) is 9.02. The Bertz CT molecular complexity index is 473. The summed E-state index contributed by atoms with van der Waals surface area (Å²) in [6, 6.07) is 5.88. The van der Waals surface area contributed by atoms with Crippen molar-refractivity contribution in [3.8, 4) is 5.75 Å². The van der Waals surface area contributed by atoms with E-state index in [0.717, 1.165) is 25.1 Å². The van der Waals surface area contributed by atoms with Crippen LogP contribution in [0.4, 0.5) is 0 Å². The average Bonchev–Trinajstić information content (AvgIpc) is 2.41. The molecular weight excluding hydrogens is 240 g/mol. The summed E-state index contributed by atoms with van der Waals surface area (Å²) >= 11 is 0. The topological polar surface area (TPSA) is 55.6 Å². The predicted octanol–water partition coefficient (Wildman–Crippen LogP) is 1.81. The summed E-state index contributed by atoms with van der Waals surface area (Å²) in [5.41, 5.74) is 7.70. The quantitative estimate of drug-likeness (QED) is 0.884. The minimum Gasteiger partial charge on any atom is -0.496 e. The number of nitrogens with two attached hydrogens (primary N) is 1. The fourth-order valence-electron chi connectivity index (χ4n) is 2.51. The molecule has 1 aliphatic heterocycles. The number of hydrogen-bond donors (Lipinski definition) is 1. The van der Waals surface area contributed by atoms with E-state index in [9.17, 15) is 4.79 Å². The van der Waals surface area contributed by atoms with E-state index in [-0.39, 0.29) is 11.9 Å². The van der Waals surface area contributed by atoms with E-state index in [1.165, 1.54) is 0 Å². The number of aryl methyl sites for hydroxylation is 1. The van der Waals surface area contributed by atoms with Crippen LogP contribution in [0.1, 0.15) is 29.3 Å². The standard InChI is InChI=1S/C15H22N2O2/c1-10-4-5-14(19-3)12(8-10)15(18)17-7-6-13(16)11(2)9-17/h4-5,8,11,13H,6-7,9,16H2,1-3H3. The molecule has 1 aromatic carbocycles. The number of ether oxygens (including phenoxy) is 1. The van der Waals surface area contributed by atoms with Crippen molar-refractivity contribution in [1.82, 2.24) is 4.90 Å². The highest BCUT2D eigenvalue weighted by Crippen LogP contribution is 2.24. The Kier molecular flexibility index (Phi) is 4.10. The lowest BCUT2D eigenvalue weighted by atomic mass is 9.94. The maximum Gasteiger partial charge on any atom is 0.257 e. The molecule has 2 rings (SSSR count). The second-order valence-electron chi connectivity index (χ2n) is 5.38. The Morgan fingerprint density at radius 1 is 1.47 bits per heavy atom. The number of carbonyl (C=O) groups is 1. The smallest absolute Gasteiger partial charge is 0.257 e. The Morgan fingerprint density at radius 3 is 2.84 bits per heavy atom. The Hall–Kier alpha value is -1.55. The van der Waals surface area contributed by atoms with Gasteiger partial charge in [-0.2, -0.15) is 0 Å². The molecule has 0 saturated carbocycles. The number of rotatable bonds is 2. The molecule has 0 radical (unpaired) electrons. The van der Waals surface area contributed by atoms with Crippen LogP contribution in [0.2, 0.25) is 0 Å². The van der Waals surface area contributed by atoms with E-state index in [2.05, 4.69) is 6.92 Å². The third-order valence-corrected chi connectivity index (χ3v) is 3.84. The molecule has 0 bridgehead atoms. The molecule has 1 saturated heterocycles. The van der Waals surface area contributed by atoms with Gasteiger partial charge in [0.1, 0.15) is 5.75 Å². The SMILES string of the molecule is COc1ccc(C)cc1C(=O)N1CCC(N)C(C)C1. The highest BCUT2D eigenvalue weighted by Gasteiger charge is 2.28. The summed E-state index contributed by atoms with van der Waals surface area (Å²) in [5.74, 6) is 1.02. The van der Waals surface area contributed by atoms with Gasteiger partial charge in [-0.1, -0.05) is 18.6 Å². The van der Waals surface area contributed by atoms with Crippen molar-refractivity contribution in [3.63, 3.8) is 0 Å². The summed E-state index contributed by atoms with van der Waals surface area (Å²) in [6.45, 7) is 5.51. The van der Waals surface area contributed by atoms with Crippen molar-refractivity contribution in [2.24, 2.45) is 11.7 Å². The first kappa shape index (κ1) is 13.9. The lowest BCUT2D eigenvalue weighted by Crippen LogP contribution is -2.48. The van der Waals surface area contributed by atoms with Crippen LogP contribution in [0.5, 0.6) is 5.75 Å². The Balaban J connectivity index is 2.22. The van der Waals surface area contributed by atoms with Crippen LogP contribution in [-0.2, 0) is 0 Å². The van der Waals surface area contributed by atoms with Crippen LogP contribution in [-0.4, -0.2) is 37.0 Å². The molecule has 1 heterocycles. The van der Waals surface area contributed by atoms with Crippen LogP contribution < -0.4 is 10.5 Å². The molecule has 0 aromatic heterocycles. The number of likely N-dealkylation sites (tertiary alicyclic amines) is 1. The van der Waals surface area contributed by atoms with Crippen molar-refractivity contribution in [2.45, 2.75) is 26.3 Å². The molecule has 1 aromatic rings. The lowest BCUT2D eigenvalue weighted by Gasteiger charge is -2.35. The number of piperidine rings is 1. The summed E-state index contributed by atoms with van der Waals surface area (Å²) in [7, 11) is 1.59. The van der Waals surface area contributed by atoms with E-state index < -0.39 is 0 Å².